The topological polar surface area (TPSA) is 35.8 Å². The van der Waals surface area contributed by atoms with E-state index in [9.17, 15) is 4.39 Å². The molecule has 0 aromatic rings. The van der Waals surface area contributed by atoms with Gasteiger partial charge in [-0.05, 0) is 6.42 Å². The minimum Gasteiger partial charge on any atom is -0.313 e. The van der Waals surface area contributed by atoms with E-state index in [0.29, 0.717) is 19.5 Å². The Hall–Kier alpha value is -0.620. The summed E-state index contributed by atoms with van der Waals surface area (Å²) in [7, 11) is 0. The molecule has 1 aliphatic heterocycles. The van der Waals surface area contributed by atoms with Gasteiger partial charge in [-0.15, -0.1) is 0 Å². The molecule has 0 bridgehead atoms. The molecule has 1 N–H and O–H groups in total. The SMILES string of the molecule is CC.CCCC(F)C1(C#N)CNC1. The summed E-state index contributed by atoms with van der Waals surface area (Å²) in [4.78, 5) is 0. The second-order valence-corrected chi connectivity index (χ2v) is 3.13. The first-order valence-corrected chi connectivity index (χ1v) is 5.01. The summed E-state index contributed by atoms with van der Waals surface area (Å²) in [6, 6.07) is 2.06. The predicted molar refractivity (Wildman–Crippen MR) is 52.1 cm³/mol. The van der Waals surface area contributed by atoms with E-state index >= 15 is 0 Å². The second-order valence-electron chi connectivity index (χ2n) is 3.13. The molecule has 0 aromatic heterocycles. The van der Waals surface area contributed by atoms with Crippen LogP contribution in [0.4, 0.5) is 4.39 Å². The van der Waals surface area contributed by atoms with Gasteiger partial charge in [0, 0.05) is 13.1 Å². The van der Waals surface area contributed by atoms with Crippen LogP contribution in [-0.2, 0) is 0 Å². The van der Waals surface area contributed by atoms with Crippen molar-refractivity contribution >= 4 is 0 Å². The monoisotopic (exact) mass is 186 g/mol. The van der Waals surface area contributed by atoms with Crippen LogP contribution in [0.2, 0.25) is 0 Å². The molecule has 0 aliphatic carbocycles. The van der Waals surface area contributed by atoms with Gasteiger partial charge in [-0.2, -0.15) is 5.26 Å². The first-order valence-electron chi connectivity index (χ1n) is 5.01. The highest BCUT2D eigenvalue weighted by Crippen LogP contribution is 2.31. The molecule has 1 aliphatic rings. The number of hydrogen-bond acceptors (Lipinski definition) is 2. The Morgan fingerprint density at radius 2 is 2.08 bits per heavy atom. The molecule has 1 heterocycles. The Kier molecular flexibility index (Phi) is 5.65. The van der Waals surface area contributed by atoms with Crippen molar-refractivity contribution in [2.45, 2.75) is 39.8 Å². The number of alkyl halides is 1. The highest BCUT2D eigenvalue weighted by Gasteiger charge is 2.44. The molecule has 0 aromatic carbocycles. The van der Waals surface area contributed by atoms with Gasteiger partial charge >= 0.3 is 0 Å². The molecular weight excluding hydrogens is 167 g/mol. The number of nitrogens with one attached hydrogen (secondary N) is 1. The minimum absolute atomic E-state index is 0.509. The number of nitriles is 1. The van der Waals surface area contributed by atoms with Crippen LogP contribution in [0.15, 0.2) is 0 Å². The fourth-order valence-electron chi connectivity index (χ4n) is 1.29. The van der Waals surface area contributed by atoms with Crippen molar-refractivity contribution in [3.05, 3.63) is 0 Å². The minimum atomic E-state index is -0.946. The summed E-state index contributed by atoms with van der Waals surface area (Å²) in [5.41, 5.74) is -0.698. The largest absolute Gasteiger partial charge is 0.313 e. The average molecular weight is 186 g/mol. The predicted octanol–water partition coefficient (Wildman–Crippen LogP) is 2.26. The van der Waals surface area contributed by atoms with Crippen LogP contribution in [0, 0.1) is 16.7 Å². The highest BCUT2D eigenvalue weighted by molar-refractivity contribution is 5.12. The van der Waals surface area contributed by atoms with Gasteiger partial charge in [0.05, 0.1) is 6.07 Å². The van der Waals surface area contributed by atoms with Crippen molar-refractivity contribution in [2.75, 3.05) is 13.1 Å². The van der Waals surface area contributed by atoms with E-state index in [0.717, 1.165) is 6.42 Å². The number of hydrogen-bond donors (Lipinski definition) is 1. The third kappa shape index (κ3) is 2.67. The lowest BCUT2D eigenvalue weighted by Crippen LogP contribution is -2.57. The van der Waals surface area contributed by atoms with E-state index in [1.165, 1.54) is 0 Å². The molecule has 13 heavy (non-hydrogen) atoms. The lowest BCUT2D eigenvalue weighted by atomic mass is 9.77. The van der Waals surface area contributed by atoms with Gasteiger partial charge in [-0.3, -0.25) is 0 Å². The lowest BCUT2D eigenvalue weighted by Gasteiger charge is -2.38. The second kappa shape index (κ2) is 5.93. The smallest absolute Gasteiger partial charge is 0.121 e. The van der Waals surface area contributed by atoms with Crippen LogP contribution < -0.4 is 5.32 Å². The number of rotatable bonds is 3. The quantitative estimate of drug-likeness (QED) is 0.734. The van der Waals surface area contributed by atoms with E-state index in [4.69, 9.17) is 5.26 Å². The van der Waals surface area contributed by atoms with Gasteiger partial charge in [0.1, 0.15) is 11.6 Å². The van der Waals surface area contributed by atoms with Crippen LogP contribution in [0.3, 0.4) is 0 Å². The van der Waals surface area contributed by atoms with Gasteiger partial charge in [-0.1, -0.05) is 27.2 Å². The van der Waals surface area contributed by atoms with Crippen molar-refractivity contribution in [1.82, 2.24) is 5.32 Å². The summed E-state index contributed by atoms with van der Waals surface area (Å²) in [5, 5.41) is 11.6. The lowest BCUT2D eigenvalue weighted by molar-refractivity contribution is 0.0938. The highest BCUT2D eigenvalue weighted by atomic mass is 19.1. The average Bonchev–Trinajstić information content (AvgIpc) is 2.07. The zero-order chi connectivity index (χ0) is 10.3. The van der Waals surface area contributed by atoms with Gasteiger partial charge in [0.2, 0.25) is 0 Å². The Morgan fingerprint density at radius 3 is 2.31 bits per heavy atom. The molecule has 0 amide bonds. The van der Waals surface area contributed by atoms with Gasteiger partial charge in [0.25, 0.3) is 0 Å². The van der Waals surface area contributed by atoms with E-state index in [-0.39, 0.29) is 0 Å². The molecular formula is C10H19FN2. The van der Waals surface area contributed by atoms with Gasteiger partial charge in [0.15, 0.2) is 0 Å². The third-order valence-corrected chi connectivity index (χ3v) is 2.25. The molecule has 76 valence electrons. The van der Waals surface area contributed by atoms with Crippen LogP contribution in [0.1, 0.15) is 33.6 Å². The van der Waals surface area contributed by atoms with Crippen LogP contribution >= 0.6 is 0 Å². The molecule has 1 unspecified atom stereocenters. The fraction of sp³-hybridized carbons (Fsp3) is 0.900. The Morgan fingerprint density at radius 1 is 1.54 bits per heavy atom. The summed E-state index contributed by atoms with van der Waals surface area (Å²) < 4.78 is 13.2. The molecule has 3 heteroatoms. The maximum absolute atomic E-state index is 13.2. The van der Waals surface area contributed by atoms with E-state index < -0.39 is 11.6 Å². The Bertz CT molecular complexity index is 170. The van der Waals surface area contributed by atoms with Crippen LogP contribution in [0.25, 0.3) is 0 Å². The Balaban J connectivity index is 0.000000671. The molecule has 0 spiro atoms. The Labute approximate surface area is 80.1 Å². The summed E-state index contributed by atoms with van der Waals surface area (Å²) >= 11 is 0. The number of nitrogens with zero attached hydrogens (tertiary/aromatic N) is 1. The molecule has 1 fully saturated rings. The first kappa shape index (κ1) is 12.4. The molecule has 1 saturated heterocycles. The van der Waals surface area contributed by atoms with Crippen molar-refractivity contribution in [3.8, 4) is 6.07 Å². The molecule has 2 nitrogen and oxygen atoms in total. The zero-order valence-electron chi connectivity index (χ0n) is 8.73. The third-order valence-electron chi connectivity index (χ3n) is 2.25. The van der Waals surface area contributed by atoms with E-state index in [1.54, 1.807) is 0 Å². The van der Waals surface area contributed by atoms with Gasteiger partial charge < -0.3 is 5.32 Å². The van der Waals surface area contributed by atoms with E-state index in [2.05, 4.69) is 11.4 Å². The standard InChI is InChI=1S/C8H13FN2.C2H6/c1-2-3-7(9)8(4-10)5-11-6-8;1-2/h7,11H,2-3,5-6H2,1H3;1-2H3. The maximum Gasteiger partial charge on any atom is 0.121 e. The maximum atomic E-state index is 13.2. The van der Waals surface area contributed by atoms with Crippen molar-refractivity contribution < 1.29 is 4.39 Å². The normalized spacial score (nSPS) is 20.2. The van der Waals surface area contributed by atoms with Crippen molar-refractivity contribution in [3.63, 3.8) is 0 Å². The van der Waals surface area contributed by atoms with Crippen molar-refractivity contribution in [2.24, 2.45) is 5.41 Å². The molecule has 1 rings (SSSR count). The molecule has 0 radical (unpaired) electrons. The summed E-state index contributed by atoms with van der Waals surface area (Å²) in [6.07, 6.45) is 0.374. The summed E-state index contributed by atoms with van der Waals surface area (Å²) in [5.74, 6) is 0. The number of halogens is 1. The zero-order valence-corrected chi connectivity index (χ0v) is 8.73. The van der Waals surface area contributed by atoms with Crippen molar-refractivity contribution in [1.29, 1.82) is 5.26 Å². The van der Waals surface area contributed by atoms with Crippen LogP contribution in [0.5, 0.6) is 0 Å². The first-order chi connectivity index (χ1) is 6.25. The van der Waals surface area contributed by atoms with Crippen LogP contribution in [-0.4, -0.2) is 19.3 Å². The fourth-order valence-corrected chi connectivity index (χ4v) is 1.29. The molecule has 0 saturated carbocycles. The van der Waals surface area contributed by atoms with Gasteiger partial charge in [-0.25, -0.2) is 4.39 Å². The van der Waals surface area contributed by atoms with E-state index in [1.807, 2.05) is 20.8 Å². The summed E-state index contributed by atoms with van der Waals surface area (Å²) in [6.45, 7) is 6.97. The molecule has 1 atom stereocenters.